The topological polar surface area (TPSA) is 28.2 Å². The van der Waals surface area contributed by atoms with Crippen LogP contribution in [0.1, 0.15) is 37.9 Å². The molecule has 1 aromatic rings. The molecular weight excluding hydrogens is 218 g/mol. The van der Waals surface area contributed by atoms with E-state index in [0.29, 0.717) is 12.1 Å². The average Bonchev–Trinajstić information content (AvgIpc) is 2.94. The molecular formula is C12H19N3S. The molecule has 2 fully saturated rings. The van der Waals surface area contributed by atoms with E-state index in [4.69, 9.17) is 0 Å². The van der Waals surface area contributed by atoms with Gasteiger partial charge in [0, 0.05) is 30.1 Å². The SMILES string of the molecule is CC(NC1CCN2CCCC12)c1cscn1. The van der Waals surface area contributed by atoms with E-state index in [0.717, 1.165) is 6.04 Å². The monoisotopic (exact) mass is 237 g/mol. The van der Waals surface area contributed by atoms with Crippen LogP contribution in [-0.4, -0.2) is 35.1 Å². The largest absolute Gasteiger partial charge is 0.304 e. The van der Waals surface area contributed by atoms with Crippen LogP contribution in [0, 0.1) is 0 Å². The van der Waals surface area contributed by atoms with Crippen LogP contribution >= 0.6 is 11.3 Å². The standard InChI is InChI=1S/C12H19N3S/c1-9(11-7-16-8-13-11)14-10-4-6-15-5-2-3-12(10)15/h7-10,12,14H,2-6H2,1H3. The van der Waals surface area contributed by atoms with Crippen molar-refractivity contribution in [2.24, 2.45) is 0 Å². The summed E-state index contributed by atoms with van der Waals surface area (Å²) in [6.45, 7) is 4.83. The van der Waals surface area contributed by atoms with Crippen molar-refractivity contribution >= 4 is 11.3 Å². The highest BCUT2D eigenvalue weighted by Crippen LogP contribution is 2.29. The molecule has 88 valence electrons. The third kappa shape index (κ3) is 1.90. The number of nitrogens with one attached hydrogen (secondary N) is 1. The quantitative estimate of drug-likeness (QED) is 0.872. The van der Waals surface area contributed by atoms with Gasteiger partial charge in [-0.05, 0) is 32.7 Å². The number of rotatable bonds is 3. The first-order valence-corrected chi connectivity index (χ1v) is 7.17. The smallest absolute Gasteiger partial charge is 0.0795 e. The van der Waals surface area contributed by atoms with Crippen LogP contribution in [0.15, 0.2) is 10.9 Å². The predicted molar refractivity (Wildman–Crippen MR) is 66.7 cm³/mol. The third-order valence-electron chi connectivity index (χ3n) is 3.97. The minimum Gasteiger partial charge on any atom is -0.304 e. The van der Waals surface area contributed by atoms with Crippen LogP contribution in [0.2, 0.25) is 0 Å². The van der Waals surface area contributed by atoms with Crippen molar-refractivity contribution < 1.29 is 0 Å². The summed E-state index contributed by atoms with van der Waals surface area (Å²) in [5.74, 6) is 0. The number of aromatic nitrogens is 1. The summed E-state index contributed by atoms with van der Waals surface area (Å²) in [5.41, 5.74) is 3.12. The van der Waals surface area contributed by atoms with E-state index < -0.39 is 0 Å². The molecule has 2 aliphatic heterocycles. The van der Waals surface area contributed by atoms with Gasteiger partial charge >= 0.3 is 0 Å². The molecule has 1 N–H and O–H groups in total. The number of hydrogen-bond acceptors (Lipinski definition) is 4. The Bertz CT molecular complexity index is 338. The molecule has 2 aliphatic rings. The molecule has 3 unspecified atom stereocenters. The molecule has 4 heteroatoms. The lowest BCUT2D eigenvalue weighted by Crippen LogP contribution is -2.40. The van der Waals surface area contributed by atoms with Crippen molar-refractivity contribution in [3.05, 3.63) is 16.6 Å². The number of thiazole rings is 1. The summed E-state index contributed by atoms with van der Waals surface area (Å²) in [5, 5.41) is 5.91. The molecule has 0 spiro atoms. The predicted octanol–water partition coefficient (Wildman–Crippen LogP) is 2.03. The first kappa shape index (κ1) is 10.7. The first-order valence-electron chi connectivity index (χ1n) is 6.23. The zero-order chi connectivity index (χ0) is 11.0. The fourth-order valence-electron chi connectivity index (χ4n) is 3.12. The van der Waals surface area contributed by atoms with Gasteiger partial charge < -0.3 is 5.32 Å². The Labute approximate surface area is 101 Å². The second-order valence-corrected chi connectivity index (χ2v) is 5.66. The number of nitrogens with zero attached hydrogens (tertiary/aromatic N) is 2. The molecule has 1 aromatic heterocycles. The Hall–Kier alpha value is -0.450. The molecule has 3 rings (SSSR count). The van der Waals surface area contributed by atoms with Crippen LogP contribution in [0.3, 0.4) is 0 Å². The summed E-state index contributed by atoms with van der Waals surface area (Å²) >= 11 is 1.68. The molecule has 0 saturated carbocycles. The van der Waals surface area contributed by atoms with E-state index >= 15 is 0 Å². The van der Waals surface area contributed by atoms with Gasteiger partial charge in [0.25, 0.3) is 0 Å². The van der Waals surface area contributed by atoms with Crippen LogP contribution < -0.4 is 5.32 Å². The van der Waals surface area contributed by atoms with Crippen molar-refractivity contribution in [1.29, 1.82) is 0 Å². The van der Waals surface area contributed by atoms with Gasteiger partial charge in [-0.25, -0.2) is 4.98 Å². The molecule has 0 aromatic carbocycles. The van der Waals surface area contributed by atoms with Crippen LogP contribution in [0.5, 0.6) is 0 Å². The summed E-state index contributed by atoms with van der Waals surface area (Å²) in [6, 6.07) is 1.87. The summed E-state index contributed by atoms with van der Waals surface area (Å²) < 4.78 is 0. The summed E-state index contributed by atoms with van der Waals surface area (Å²) in [4.78, 5) is 7.03. The first-order chi connectivity index (χ1) is 7.84. The van der Waals surface area contributed by atoms with E-state index in [2.05, 4.69) is 27.5 Å². The van der Waals surface area contributed by atoms with Crippen LogP contribution in [0.4, 0.5) is 0 Å². The highest BCUT2D eigenvalue weighted by molar-refractivity contribution is 7.07. The molecule has 3 heterocycles. The molecule has 0 amide bonds. The fourth-order valence-corrected chi connectivity index (χ4v) is 3.77. The van der Waals surface area contributed by atoms with E-state index in [1.807, 2.05) is 5.51 Å². The van der Waals surface area contributed by atoms with Crippen molar-refractivity contribution in [2.45, 2.75) is 44.3 Å². The molecule has 0 radical (unpaired) electrons. The molecule has 0 bridgehead atoms. The minimum atomic E-state index is 0.400. The maximum Gasteiger partial charge on any atom is 0.0795 e. The summed E-state index contributed by atoms with van der Waals surface area (Å²) in [7, 11) is 0. The fraction of sp³-hybridized carbons (Fsp3) is 0.750. The van der Waals surface area contributed by atoms with Crippen molar-refractivity contribution in [3.63, 3.8) is 0 Å². The highest BCUT2D eigenvalue weighted by atomic mass is 32.1. The van der Waals surface area contributed by atoms with Crippen molar-refractivity contribution in [2.75, 3.05) is 13.1 Å². The lowest BCUT2D eigenvalue weighted by atomic mass is 10.1. The van der Waals surface area contributed by atoms with Crippen LogP contribution in [-0.2, 0) is 0 Å². The second-order valence-electron chi connectivity index (χ2n) is 4.94. The molecule has 3 atom stereocenters. The van der Waals surface area contributed by atoms with Gasteiger partial charge in [-0.1, -0.05) is 0 Å². The normalized spacial score (nSPS) is 31.8. The average molecular weight is 237 g/mol. The van der Waals surface area contributed by atoms with Gasteiger partial charge in [-0.15, -0.1) is 11.3 Å². The van der Waals surface area contributed by atoms with E-state index in [1.54, 1.807) is 11.3 Å². The second kappa shape index (κ2) is 4.43. The molecule has 3 nitrogen and oxygen atoms in total. The number of fused-ring (bicyclic) bond motifs is 1. The van der Waals surface area contributed by atoms with Gasteiger partial charge in [0.05, 0.1) is 11.2 Å². The lowest BCUT2D eigenvalue weighted by Gasteiger charge is -2.24. The van der Waals surface area contributed by atoms with E-state index in [1.165, 1.54) is 38.0 Å². The minimum absolute atomic E-state index is 0.400. The van der Waals surface area contributed by atoms with Crippen molar-refractivity contribution in [3.8, 4) is 0 Å². The lowest BCUT2D eigenvalue weighted by molar-refractivity contribution is 0.291. The van der Waals surface area contributed by atoms with Gasteiger partial charge in [0.1, 0.15) is 0 Å². The maximum absolute atomic E-state index is 4.39. The van der Waals surface area contributed by atoms with Gasteiger partial charge in [-0.2, -0.15) is 0 Å². The van der Waals surface area contributed by atoms with Gasteiger partial charge in [0.2, 0.25) is 0 Å². The highest BCUT2D eigenvalue weighted by Gasteiger charge is 2.37. The zero-order valence-electron chi connectivity index (χ0n) is 9.72. The zero-order valence-corrected chi connectivity index (χ0v) is 10.5. The Morgan fingerprint density at radius 1 is 1.50 bits per heavy atom. The van der Waals surface area contributed by atoms with Crippen molar-refractivity contribution in [1.82, 2.24) is 15.2 Å². The Balaban J connectivity index is 1.62. The Morgan fingerprint density at radius 3 is 3.25 bits per heavy atom. The Kier molecular flexibility index (Phi) is 2.96. The molecule has 2 saturated heterocycles. The van der Waals surface area contributed by atoms with Crippen LogP contribution in [0.25, 0.3) is 0 Å². The third-order valence-corrected chi connectivity index (χ3v) is 4.57. The van der Waals surface area contributed by atoms with Gasteiger partial charge in [-0.3, -0.25) is 4.90 Å². The molecule has 16 heavy (non-hydrogen) atoms. The maximum atomic E-state index is 4.39. The van der Waals surface area contributed by atoms with E-state index in [9.17, 15) is 0 Å². The van der Waals surface area contributed by atoms with Gasteiger partial charge in [0.15, 0.2) is 0 Å². The molecule has 0 aliphatic carbocycles. The van der Waals surface area contributed by atoms with E-state index in [-0.39, 0.29) is 0 Å². The number of hydrogen-bond donors (Lipinski definition) is 1. The Morgan fingerprint density at radius 2 is 2.44 bits per heavy atom. The summed E-state index contributed by atoms with van der Waals surface area (Å²) in [6.07, 6.45) is 4.06.